The second kappa shape index (κ2) is 2.38. The van der Waals surface area contributed by atoms with Crippen LogP contribution in [0.4, 0.5) is 5.69 Å². The topological polar surface area (TPSA) is 43.8 Å². The number of hydrogen-bond donors (Lipinski definition) is 1. The molecule has 0 bridgehead atoms. The van der Waals surface area contributed by atoms with Gasteiger partial charge in [-0.2, -0.15) is 5.10 Å². The first kappa shape index (κ1) is 7.43. The van der Waals surface area contributed by atoms with E-state index in [0.29, 0.717) is 10.7 Å². The SMILES string of the molecule is Cn1ncc2ccc(N)c(Cl)c21. The molecular weight excluding hydrogens is 174 g/mol. The van der Waals surface area contributed by atoms with Crippen LogP contribution in [0.5, 0.6) is 0 Å². The van der Waals surface area contributed by atoms with Gasteiger partial charge in [0.2, 0.25) is 0 Å². The van der Waals surface area contributed by atoms with E-state index < -0.39 is 0 Å². The molecule has 0 spiro atoms. The van der Waals surface area contributed by atoms with Crippen molar-refractivity contribution in [2.45, 2.75) is 0 Å². The summed E-state index contributed by atoms with van der Waals surface area (Å²) in [5, 5.41) is 5.66. The summed E-state index contributed by atoms with van der Waals surface area (Å²) in [4.78, 5) is 0. The molecule has 2 aromatic rings. The third-order valence-electron chi connectivity index (χ3n) is 1.87. The number of anilines is 1. The summed E-state index contributed by atoms with van der Waals surface area (Å²) in [7, 11) is 1.84. The molecule has 0 aliphatic rings. The van der Waals surface area contributed by atoms with Gasteiger partial charge in [0.25, 0.3) is 0 Å². The van der Waals surface area contributed by atoms with Gasteiger partial charge in [-0.25, -0.2) is 0 Å². The number of aryl methyl sites for hydroxylation is 1. The summed E-state index contributed by atoms with van der Waals surface area (Å²) < 4.78 is 1.72. The first-order chi connectivity index (χ1) is 5.70. The van der Waals surface area contributed by atoms with Gasteiger partial charge in [0.1, 0.15) is 0 Å². The molecule has 0 aliphatic carbocycles. The highest BCUT2D eigenvalue weighted by Gasteiger charge is 2.06. The van der Waals surface area contributed by atoms with Crippen LogP contribution in [0.2, 0.25) is 5.02 Å². The molecule has 0 amide bonds. The average molecular weight is 182 g/mol. The Morgan fingerprint density at radius 3 is 3.00 bits per heavy atom. The number of nitrogen functional groups attached to an aromatic ring is 1. The zero-order valence-electron chi connectivity index (χ0n) is 6.58. The molecule has 0 fully saturated rings. The molecule has 3 nitrogen and oxygen atoms in total. The van der Waals surface area contributed by atoms with E-state index in [2.05, 4.69) is 5.10 Å². The van der Waals surface area contributed by atoms with Gasteiger partial charge in [0.05, 0.1) is 22.4 Å². The van der Waals surface area contributed by atoms with E-state index in [4.69, 9.17) is 17.3 Å². The smallest absolute Gasteiger partial charge is 0.0894 e. The van der Waals surface area contributed by atoms with Crippen LogP contribution in [-0.4, -0.2) is 9.78 Å². The van der Waals surface area contributed by atoms with Gasteiger partial charge in [0, 0.05) is 12.4 Å². The van der Waals surface area contributed by atoms with Gasteiger partial charge in [0.15, 0.2) is 0 Å². The van der Waals surface area contributed by atoms with Crippen molar-refractivity contribution in [2.24, 2.45) is 7.05 Å². The highest BCUT2D eigenvalue weighted by atomic mass is 35.5. The van der Waals surface area contributed by atoms with Crippen LogP contribution in [0.3, 0.4) is 0 Å². The fourth-order valence-electron chi connectivity index (χ4n) is 1.23. The summed E-state index contributed by atoms with van der Waals surface area (Å²) >= 11 is 5.99. The number of benzene rings is 1. The summed E-state index contributed by atoms with van der Waals surface area (Å²) in [6.07, 6.45) is 1.76. The Labute approximate surface area is 74.7 Å². The number of halogens is 1. The molecule has 0 atom stereocenters. The zero-order valence-corrected chi connectivity index (χ0v) is 7.34. The van der Waals surface area contributed by atoms with Gasteiger partial charge in [-0.3, -0.25) is 4.68 Å². The van der Waals surface area contributed by atoms with Crippen LogP contribution < -0.4 is 5.73 Å². The van der Waals surface area contributed by atoms with E-state index in [1.54, 1.807) is 16.9 Å². The zero-order chi connectivity index (χ0) is 8.72. The third-order valence-corrected chi connectivity index (χ3v) is 2.27. The number of aromatic nitrogens is 2. The minimum absolute atomic E-state index is 0.576. The predicted molar refractivity (Wildman–Crippen MR) is 50.1 cm³/mol. The van der Waals surface area contributed by atoms with E-state index >= 15 is 0 Å². The summed E-state index contributed by atoms with van der Waals surface area (Å²) in [5.41, 5.74) is 7.12. The minimum Gasteiger partial charge on any atom is -0.397 e. The van der Waals surface area contributed by atoms with Crippen LogP contribution >= 0.6 is 11.6 Å². The molecule has 2 rings (SSSR count). The summed E-state index contributed by atoms with van der Waals surface area (Å²) in [6, 6.07) is 3.69. The van der Waals surface area contributed by atoms with E-state index in [1.807, 2.05) is 13.1 Å². The molecule has 4 heteroatoms. The van der Waals surface area contributed by atoms with E-state index in [9.17, 15) is 0 Å². The summed E-state index contributed by atoms with van der Waals surface area (Å²) in [5.74, 6) is 0. The lowest BCUT2D eigenvalue weighted by Crippen LogP contribution is -1.92. The van der Waals surface area contributed by atoms with Gasteiger partial charge in [-0.05, 0) is 12.1 Å². The summed E-state index contributed by atoms with van der Waals surface area (Å²) in [6.45, 7) is 0. The van der Waals surface area contributed by atoms with Crippen molar-refractivity contribution < 1.29 is 0 Å². The molecule has 1 heterocycles. The van der Waals surface area contributed by atoms with Crippen LogP contribution in [0.25, 0.3) is 10.9 Å². The van der Waals surface area contributed by atoms with Crippen LogP contribution in [0.1, 0.15) is 0 Å². The Bertz CT molecular complexity index is 433. The van der Waals surface area contributed by atoms with Crippen molar-refractivity contribution in [1.82, 2.24) is 9.78 Å². The lowest BCUT2D eigenvalue weighted by atomic mass is 10.2. The maximum Gasteiger partial charge on any atom is 0.0894 e. The Morgan fingerprint density at radius 1 is 1.50 bits per heavy atom. The van der Waals surface area contributed by atoms with Gasteiger partial charge < -0.3 is 5.73 Å². The number of hydrogen-bond acceptors (Lipinski definition) is 2. The van der Waals surface area contributed by atoms with Crippen LogP contribution in [-0.2, 0) is 7.05 Å². The van der Waals surface area contributed by atoms with Crippen molar-refractivity contribution in [3.05, 3.63) is 23.4 Å². The van der Waals surface area contributed by atoms with E-state index in [-0.39, 0.29) is 0 Å². The molecule has 1 aromatic heterocycles. The minimum atomic E-state index is 0.576. The average Bonchev–Trinajstić information content (AvgIpc) is 2.41. The van der Waals surface area contributed by atoms with Crippen molar-refractivity contribution in [1.29, 1.82) is 0 Å². The molecule has 0 radical (unpaired) electrons. The molecular formula is C8H8ClN3. The first-order valence-corrected chi connectivity index (χ1v) is 3.93. The number of rotatable bonds is 0. The number of nitrogens with zero attached hydrogens (tertiary/aromatic N) is 2. The van der Waals surface area contributed by atoms with Crippen molar-refractivity contribution in [3.8, 4) is 0 Å². The fraction of sp³-hybridized carbons (Fsp3) is 0.125. The number of fused-ring (bicyclic) bond motifs is 1. The maximum atomic E-state index is 5.99. The Hall–Kier alpha value is -1.22. The lowest BCUT2D eigenvalue weighted by molar-refractivity contribution is 0.797. The molecule has 0 saturated heterocycles. The highest BCUT2D eigenvalue weighted by molar-refractivity contribution is 6.37. The van der Waals surface area contributed by atoms with Gasteiger partial charge >= 0.3 is 0 Å². The second-order valence-electron chi connectivity index (χ2n) is 2.67. The molecule has 0 aliphatic heterocycles. The largest absolute Gasteiger partial charge is 0.397 e. The van der Waals surface area contributed by atoms with Crippen LogP contribution in [0.15, 0.2) is 18.3 Å². The van der Waals surface area contributed by atoms with Gasteiger partial charge in [-0.1, -0.05) is 11.6 Å². The molecule has 0 unspecified atom stereocenters. The lowest BCUT2D eigenvalue weighted by Gasteiger charge is -2.00. The Morgan fingerprint density at radius 2 is 2.25 bits per heavy atom. The van der Waals surface area contributed by atoms with E-state index in [0.717, 1.165) is 10.9 Å². The molecule has 2 N–H and O–H groups in total. The van der Waals surface area contributed by atoms with Gasteiger partial charge in [-0.15, -0.1) is 0 Å². The second-order valence-corrected chi connectivity index (χ2v) is 3.05. The van der Waals surface area contributed by atoms with Crippen molar-refractivity contribution >= 4 is 28.2 Å². The van der Waals surface area contributed by atoms with Crippen molar-refractivity contribution in [2.75, 3.05) is 5.73 Å². The maximum absolute atomic E-state index is 5.99. The molecule has 12 heavy (non-hydrogen) atoms. The molecule has 0 saturated carbocycles. The third kappa shape index (κ3) is 0.865. The predicted octanol–water partition coefficient (Wildman–Crippen LogP) is 1.81. The Balaban J connectivity index is 2.96. The number of nitrogens with two attached hydrogens (primary N) is 1. The normalized spacial score (nSPS) is 10.8. The Kier molecular flexibility index (Phi) is 1.48. The van der Waals surface area contributed by atoms with E-state index in [1.165, 1.54) is 0 Å². The molecule has 62 valence electrons. The monoisotopic (exact) mass is 181 g/mol. The standard InChI is InChI=1S/C8H8ClN3/c1-12-8-5(4-11-12)2-3-6(10)7(8)9/h2-4H,10H2,1H3. The molecule has 1 aromatic carbocycles. The highest BCUT2D eigenvalue weighted by Crippen LogP contribution is 2.27. The quantitative estimate of drug-likeness (QED) is 0.630. The fourth-order valence-corrected chi connectivity index (χ4v) is 1.53. The van der Waals surface area contributed by atoms with Crippen LogP contribution in [0, 0.1) is 0 Å². The first-order valence-electron chi connectivity index (χ1n) is 3.56. The van der Waals surface area contributed by atoms with Crippen molar-refractivity contribution in [3.63, 3.8) is 0 Å².